The van der Waals surface area contributed by atoms with Gasteiger partial charge in [0.15, 0.2) is 5.65 Å². The minimum Gasteiger partial charge on any atom is -0.545 e. The molecule has 0 aliphatic heterocycles. The van der Waals surface area contributed by atoms with Crippen molar-refractivity contribution in [1.82, 2.24) is 14.6 Å². The second-order valence-corrected chi connectivity index (χ2v) is 4.82. The van der Waals surface area contributed by atoms with E-state index in [1.165, 1.54) is 16.6 Å². The van der Waals surface area contributed by atoms with Gasteiger partial charge >= 0.3 is 18.9 Å². The molecule has 0 aliphatic carbocycles. The number of rotatable bonds is 3. The van der Waals surface area contributed by atoms with Gasteiger partial charge in [0.05, 0.1) is 5.97 Å². The van der Waals surface area contributed by atoms with Crippen molar-refractivity contribution in [2.24, 2.45) is 0 Å². The minimum atomic E-state index is -1.33. The molecule has 2 heterocycles. The Kier molecular flexibility index (Phi) is 4.73. The number of carbonyl (C=O) groups excluding carboxylic acids is 1. The van der Waals surface area contributed by atoms with Crippen molar-refractivity contribution in [2.75, 3.05) is 5.73 Å². The Morgan fingerprint density at radius 1 is 1.39 bits per heavy atom. The molecule has 2 N–H and O–H groups in total. The van der Waals surface area contributed by atoms with E-state index in [2.05, 4.69) is 10.1 Å². The molecule has 0 aliphatic rings. The zero-order chi connectivity index (χ0) is 15.9. The largest absolute Gasteiger partial charge is 1.00 e. The first-order chi connectivity index (χ1) is 10.5. The predicted octanol–water partition coefficient (Wildman–Crippen LogP) is -1.95. The summed E-state index contributed by atoms with van der Waals surface area (Å²) in [5.41, 5.74) is 6.99. The molecule has 23 heavy (non-hydrogen) atoms. The number of hydrogen-bond donors (Lipinski definition) is 1. The smallest absolute Gasteiger partial charge is 0.545 e. The molecule has 3 aromatic rings. The van der Waals surface area contributed by atoms with E-state index in [1.807, 2.05) is 0 Å². The number of aryl methyl sites for hydroxylation is 1. The van der Waals surface area contributed by atoms with Crippen LogP contribution in [0, 0.1) is 5.82 Å². The summed E-state index contributed by atoms with van der Waals surface area (Å²) in [6.45, 7) is 1.76. The molecule has 0 amide bonds. The summed E-state index contributed by atoms with van der Waals surface area (Å²) in [5, 5.41) is 15.1. The molecule has 112 valence electrons. The van der Waals surface area contributed by atoms with Crippen LogP contribution in [0.4, 0.5) is 10.3 Å². The van der Waals surface area contributed by atoms with Gasteiger partial charge in [-0.25, -0.2) is 8.91 Å². The SMILES string of the molecule is CCc1cc(F)c(-c2ccn3nc(N)nc3c2)cc1C(=O)[O-].[Li+]. The number of halogens is 1. The Balaban J connectivity index is 0.00000192. The van der Waals surface area contributed by atoms with Gasteiger partial charge in [-0.1, -0.05) is 6.92 Å². The standard InChI is InChI=1S/C15H13FN4O2.Li/c1-2-8-5-12(16)10(7-11(8)14(21)22)9-3-4-20-13(6-9)18-15(17)19-20;/h3-7H,2H2,1H3,(H2,17,19)(H,21,22);/q;+1/p-1. The van der Waals surface area contributed by atoms with Gasteiger partial charge in [0.2, 0.25) is 5.95 Å². The van der Waals surface area contributed by atoms with E-state index in [0.29, 0.717) is 23.2 Å². The molecule has 0 bridgehead atoms. The molecule has 1 aromatic carbocycles. The van der Waals surface area contributed by atoms with Gasteiger partial charge in [-0.3, -0.25) is 0 Å². The summed E-state index contributed by atoms with van der Waals surface area (Å²) in [4.78, 5) is 15.2. The number of aromatic carboxylic acids is 1. The molecule has 2 aromatic heterocycles. The fourth-order valence-electron chi connectivity index (χ4n) is 2.38. The fourth-order valence-corrected chi connectivity index (χ4v) is 2.38. The Morgan fingerprint density at radius 2 is 2.13 bits per heavy atom. The van der Waals surface area contributed by atoms with Crippen LogP contribution in [0.5, 0.6) is 0 Å². The molecule has 0 saturated carbocycles. The maximum Gasteiger partial charge on any atom is 1.00 e. The Morgan fingerprint density at radius 3 is 2.78 bits per heavy atom. The quantitative estimate of drug-likeness (QED) is 0.567. The third-order valence-electron chi connectivity index (χ3n) is 3.46. The molecule has 0 saturated heterocycles. The van der Waals surface area contributed by atoms with Crippen LogP contribution in [0.2, 0.25) is 0 Å². The number of pyridine rings is 1. The number of nitrogen functional groups attached to an aromatic ring is 1. The van der Waals surface area contributed by atoms with Gasteiger partial charge in [0.25, 0.3) is 0 Å². The van der Waals surface area contributed by atoms with Crippen LogP contribution in [0.25, 0.3) is 16.8 Å². The Labute approximate surface area is 143 Å². The molecule has 6 nitrogen and oxygen atoms in total. The summed E-state index contributed by atoms with van der Waals surface area (Å²) < 4.78 is 15.7. The number of carboxylic acids is 1. The normalized spacial score (nSPS) is 10.5. The van der Waals surface area contributed by atoms with Crippen molar-refractivity contribution in [3.05, 3.63) is 47.4 Å². The number of carbonyl (C=O) groups is 1. The van der Waals surface area contributed by atoms with Crippen molar-refractivity contribution in [1.29, 1.82) is 0 Å². The van der Waals surface area contributed by atoms with Crippen LogP contribution < -0.4 is 29.7 Å². The average Bonchev–Trinajstić information content (AvgIpc) is 2.85. The first-order valence-electron chi connectivity index (χ1n) is 6.65. The number of carboxylic acid groups (broad SMARTS) is 1. The summed E-state index contributed by atoms with van der Waals surface area (Å²) in [6.07, 6.45) is 1.99. The van der Waals surface area contributed by atoms with E-state index in [4.69, 9.17) is 5.73 Å². The maximum atomic E-state index is 14.3. The number of hydrogen-bond acceptors (Lipinski definition) is 5. The predicted molar refractivity (Wildman–Crippen MR) is 76.5 cm³/mol. The van der Waals surface area contributed by atoms with Gasteiger partial charge in [0.1, 0.15) is 5.82 Å². The van der Waals surface area contributed by atoms with Crippen LogP contribution in [0.15, 0.2) is 30.5 Å². The van der Waals surface area contributed by atoms with E-state index < -0.39 is 11.8 Å². The summed E-state index contributed by atoms with van der Waals surface area (Å²) in [7, 11) is 0. The van der Waals surface area contributed by atoms with Crippen molar-refractivity contribution in [3.8, 4) is 11.1 Å². The average molecular weight is 306 g/mol. The molecule has 3 rings (SSSR count). The topological polar surface area (TPSA) is 96.3 Å². The fraction of sp³-hybridized carbons (Fsp3) is 0.133. The molecule has 0 atom stereocenters. The first kappa shape index (κ1) is 17.0. The number of aromatic nitrogens is 3. The van der Waals surface area contributed by atoms with Crippen molar-refractivity contribution >= 4 is 17.6 Å². The Bertz CT molecular complexity index is 895. The summed E-state index contributed by atoms with van der Waals surface area (Å²) in [5.74, 6) is -1.72. The van der Waals surface area contributed by atoms with E-state index >= 15 is 0 Å². The van der Waals surface area contributed by atoms with E-state index in [1.54, 1.807) is 25.3 Å². The third-order valence-corrected chi connectivity index (χ3v) is 3.46. The van der Waals surface area contributed by atoms with Crippen LogP contribution >= 0.6 is 0 Å². The number of anilines is 1. The van der Waals surface area contributed by atoms with Gasteiger partial charge in [-0.2, -0.15) is 4.98 Å². The van der Waals surface area contributed by atoms with Gasteiger partial charge in [-0.05, 0) is 41.8 Å². The zero-order valence-electron chi connectivity index (χ0n) is 12.7. The van der Waals surface area contributed by atoms with Crippen molar-refractivity contribution in [3.63, 3.8) is 0 Å². The Hall–Kier alpha value is -2.36. The summed E-state index contributed by atoms with van der Waals surface area (Å²) in [6, 6.07) is 5.72. The first-order valence-corrected chi connectivity index (χ1v) is 6.65. The van der Waals surface area contributed by atoms with E-state index in [9.17, 15) is 14.3 Å². The second-order valence-electron chi connectivity index (χ2n) is 4.82. The van der Waals surface area contributed by atoms with Crippen LogP contribution in [0.1, 0.15) is 22.8 Å². The molecule has 0 radical (unpaired) electrons. The third kappa shape index (κ3) is 3.07. The van der Waals surface area contributed by atoms with Crippen molar-refractivity contribution in [2.45, 2.75) is 13.3 Å². The summed E-state index contributed by atoms with van der Waals surface area (Å²) >= 11 is 0. The van der Waals surface area contributed by atoms with Crippen LogP contribution in [-0.2, 0) is 6.42 Å². The second kappa shape index (κ2) is 6.40. The molecule has 0 spiro atoms. The number of nitrogens with two attached hydrogens (primary N) is 1. The molecular weight excluding hydrogens is 294 g/mol. The van der Waals surface area contributed by atoms with Crippen LogP contribution in [0.3, 0.4) is 0 Å². The monoisotopic (exact) mass is 306 g/mol. The van der Waals surface area contributed by atoms with E-state index in [-0.39, 0.29) is 35.9 Å². The molecule has 0 fully saturated rings. The zero-order valence-corrected chi connectivity index (χ0v) is 12.7. The number of benzene rings is 1. The number of fused-ring (bicyclic) bond motifs is 1. The van der Waals surface area contributed by atoms with Crippen molar-refractivity contribution < 1.29 is 33.2 Å². The molecule has 8 heteroatoms. The molecular formula is C15H12FLiN4O2. The van der Waals surface area contributed by atoms with Gasteiger partial charge in [0, 0.05) is 17.3 Å². The molecule has 0 unspecified atom stereocenters. The van der Waals surface area contributed by atoms with Gasteiger partial charge in [-0.15, -0.1) is 5.10 Å². The maximum absolute atomic E-state index is 14.3. The minimum absolute atomic E-state index is 0. The number of nitrogens with zero attached hydrogens (tertiary/aromatic N) is 3. The van der Waals surface area contributed by atoms with Gasteiger partial charge < -0.3 is 15.6 Å². The van der Waals surface area contributed by atoms with Crippen LogP contribution in [-0.4, -0.2) is 20.6 Å². The van der Waals surface area contributed by atoms with E-state index in [0.717, 1.165) is 0 Å².